The molecule has 7 nitrogen and oxygen atoms in total. The van der Waals surface area contributed by atoms with Crippen LogP contribution in [-0.4, -0.2) is 64.3 Å². The molecule has 3 rings (SSSR count). The number of benzene rings is 2. The van der Waals surface area contributed by atoms with Crippen molar-refractivity contribution in [3.63, 3.8) is 0 Å². The van der Waals surface area contributed by atoms with Crippen LogP contribution in [0.25, 0.3) is 0 Å². The average molecular weight is 525 g/mol. The molecule has 0 aromatic heterocycles. The van der Waals surface area contributed by atoms with Crippen LogP contribution < -0.4 is 25.4 Å². The van der Waals surface area contributed by atoms with E-state index in [1.807, 2.05) is 36.4 Å². The van der Waals surface area contributed by atoms with E-state index in [4.69, 9.17) is 15.2 Å². The summed E-state index contributed by atoms with van der Waals surface area (Å²) in [4.78, 5) is 9.34. The Morgan fingerprint density at radius 1 is 0.933 bits per heavy atom. The molecule has 0 saturated carbocycles. The van der Waals surface area contributed by atoms with Gasteiger partial charge in [-0.25, -0.2) is 0 Å². The number of anilines is 2. The highest BCUT2D eigenvalue weighted by atomic mass is 127. The molecule has 1 fully saturated rings. The molecule has 8 heteroatoms. The fourth-order valence-electron chi connectivity index (χ4n) is 3.38. The van der Waals surface area contributed by atoms with Gasteiger partial charge in [0.15, 0.2) is 5.96 Å². The number of hydrogen-bond donors (Lipinski definition) is 2. The summed E-state index contributed by atoms with van der Waals surface area (Å²) in [6.07, 6.45) is 0.994. The number of halogens is 1. The molecule has 2 aromatic rings. The smallest absolute Gasteiger partial charge is 0.193 e. The quantitative estimate of drug-likeness (QED) is 0.239. The van der Waals surface area contributed by atoms with Crippen LogP contribution in [0.4, 0.5) is 11.4 Å². The third-order valence-electron chi connectivity index (χ3n) is 5.09. The van der Waals surface area contributed by atoms with Gasteiger partial charge in [-0.1, -0.05) is 0 Å². The number of methoxy groups -OCH3 is 2. The lowest BCUT2D eigenvalue weighted by atomic mass is 10.2. The summed E-state index contributed by atoms with van der Waals surface area (Å²) in [7, 11) is 3.35. The number of nitrogens with one attached hydrogen (secondary N) is 1. The Bertz CT molecular complexity index is 775. The second kappa shape index (κ2) is 12.5. The molecular weight excluding hydrogens is 493 g/mol. The van der Waals surface area contributed by atoms with E-state index in [0.29, 0.717) is 12.5 Å². The summed E-state index contributed by atoms with van der Waals surface area (Å²) >= 11 is 0. The number of nitrogens with two attached hydrogens (primary N) is 1. The van der Waals surface area contributed by atoms with Crippen molar-refractivity contribution < 1.29 is 9.47 Å². The molecule has 0 amide bonds. The standard InChI is InChI=1S/C22H31N5O2.HI/c1-28-20-8-4-18(5-9-20)25-22(23)24-12-3-13-26-14-16-27(17-15-26)19-6-10-21(29-2)11-7-19;/h4-11H,3,12-17H2,1-2H3,(H3,23,24,25);1H. The number of rotatable bonds is 8. The Morgan fingerprint density at radius 3 is 2.07 bits per heavy atom. The summed E-state index contributed by atoms with van der Waals surface area (Å²) in [5, 5.41) is 3.11. The Morgan fingerprint density at radius 2 is 1.50 bits per heavy atom. The highest BCUT2D eigenvalue weighted by Gasteiger charge is 2.16. The number of piperazine rings is 1. The zero-order valence-corrected chi connectivity index (χ0v) is 20.0. The number of aliphatic imine (C=N–C) groups is 1. The van der Waals surface area contributed by atoms with E-state index in [9.17, 15) is 0 Å². The molecule has 0 unspecified atom stereocenters. The lowest BCUT2D eigenvalue weighted by Gasteiger charge is -2.36. The first-order chi connectivity index (χ1) is 14.2. The van der Waals surface area contributed by atoms with Crippen molar-refractivity contribution in [3.8, 4) is 11.5 Å². The fraction of sp³-hybridized carbons (Fsp3) is 0.409. The van der Waals surface area contributed by atoms with E-state index >= 15 is 0 Å². The zero-order chi connectivity index (χ0) is 20.5. The number of ether oxygens (including phenoxy) is 2. The van der Waals surface area contributed by atoms with E-state index in [0.717, 1.165) is 56.3 Å². The first-order valence-corrected chi connectivity index (χ1v) is 10.0. The van der Waals surface area contributed by atoms with Gasteiger partial charge in [-0.15, -0.1) is 24.0 Å². The Balaban J connectivity index is 0.00000320. The Hall–Kier alpha value is -2.20. The molecule has 1 aliphatic rings. The molecule has 0 radical (unpaired) electrons. The van der Waals surface area contributed by atoms with E-state index in [1.54, 1.807) is 14.2 Å². The van der Waals surface area contributed by atoms with Crippen molar-refractivity contribution in [2.45, 2.75) is 6.42 Å². The first-order valence-electron chi connectivity index (χ1n) is 10.0. The maximum Gasteiger partial charge on any atom is 0.193 e. The van der Waals surface area contributed by atoms with Gasteiger partial charge in [0.2, 0.25) is 0 Å². The van der Waals surface area contributed by atoms with Gasteiger partial charge in [-0.2, -0.15) is 0 Å². The van der Waals surface area contributed by atoms with Gasteiger partial charge in [0.25, 0.3) is 0 Å². The second-order valence-electron chi connectivity index (χ2n) is 7.00. The monoisotopic (exact) mass is 525 g/mol. The van der Waals surface area contributed by atoms with Crippen molar-refractivity contribution in [2.24, 2.45) is 10.7 Å². The summed E-state index contributed by atoms with van der Waals surface area (Å²) in [6, 6.07) is 15.9. The van der Waals surface area contributed by atoms with Crippen molar-refractivity contribution in [2.75, 3.05) is 63.7 Å². The van der Waals surface area contributed by atoms with Gasteiger partial charge in [-0.05, 0) is 55.0 Å². The minimum atomic E-state index is 0. The fourth-order valence-corrected chi connectivity index (χ4v) is 3.38. The summed E-state index contributed by atoms with van der Waals surface area (Å²) < 4.78 is 10.4. The molecule has 0 aliphatic carbocycles. The maximum absolute atomic E-state index is 5.98. The van der Waals surface area contributed by atoms with Crippen LogP contribution in [0.1, 0.15) is 6.42 Å². The van der Waals surface area contributed by atoms with Crippen LogP contribution in [0.5, 0.6) is 11.5 Å². The van der Waals surface area contributed by atoms with Crippen molar-refractivity contribution in [3.05, 3.63) is 48.5 Å². The third-order valence-corrected chi connectivity index (χ3v) is 5.09. The van der Waals surface area contributed by atoms with Gasteiger partial charge in [-0.3, -0.25) is 9.89 Å². The van der Waals surface area contributed by atoms with Gasteiger partial charge in [0, 0.05) is 50.6 Å². The largest absolute Gasteiger partial charge is 0.497 e. The van der Waals surface area contributed by atoms with Crippen LogP contribution in [0.2, 0.25) is 0 Å². The van der Waals surface area contributed by atoms with Crippen LogP contribution in [0.15, 0.2) is 53.5 Å². The molecule has 1 saturated heterocycles. The second-order valence-corrected chi connectivity index (χ2v) is 7.00. The van der Waals surface area contributed by atoms with Gasteiger partial charge >= 0.3 is 0 Å². The Kier molecular flexibility index (Phi) is 10.0. The highest BCUT2D eigenvalue weighted by molar-refractivity contribution is 14.0. The number of nitrogens with zero attached hydrogens (tertiary/aromatic N) is 3. The van der Waals surface area contributed by atoms with Crippen LogP contribution >= 0.6 is 24.0 Å². The van der Waals surface area contributed by atoms with E-state index in [2.05, 4.69) is 32.2 Å². The molecule has 0 bridgehead atoms. The van der Waals surface area contributed by atoms with Crippen LogP contribution in [0, 0.1) is 0 Å². The van der Waals surface area contributed by atoms with Crippen LogP contribution in [-0.2, 0) is 0 Å². The maximum atomic E-state index is 5.98. The molecule has 1 aliphatic heterocycles. The minimum absolute atomic E-state index is 0. The molecule has 30 heavy (non-hydrogen) atoms. The molecule has 0 atom stereocenters. The molecule has 0 spiro atoms. The molecule has 3 N–H and O–H groups in total. The molecule has 2 aromatic carbocycles. The predicted octanol–water partition coefficient (Wildman–Crippen LogP) is 3.26. The summed E-state index contributed by atoms with van der Waals surface area (Å²) in [5.41, 5.74) is 8.14. The van der Waals surface area contributed by atoms with Gasteiger partial charge < -0.3 is 25.4 Å². The highest BCUT2D eigenvalue weighted by Crippen LogP contribution is 2.20. The molecule has 1 heterocycles. The van der Waals surface area contributed by atoms with Crippen LogP contribution in [0.3, 0.4) is 0 Å². The van der Waals surface area contributed by atoms with E-state index in [1.165, 1.54) is 5.69 Å². The van der Waals surface area contributed by atoms with Crippen molar-refractivity contribution in [1.29, 1.82) is 0 Å². The first kappa shape index (κ1) is 24.1. The lowest BCUT2D eigenvalue weighted by molar-refractivity contribution is 0.256. The third kappa shape index (κ3) is 7.24. The predicted molar refractivity (Wildman–Crippen MR) is 135 cm³/mol. The molecule has 164 valence electrons. The van der Waals surface area contributed by atoms with Gasteiger partial charge in [0.1, 0.15) is 11.5 Å². The minimum Gasteiger partial charge on any atom is -0.497 e. The average Bonchev–Trinajstić information content (AvgIpc) is 2.78. The number of guanidine groups is 1. The topological polar surface area (TPSA) is 75.4 Å². The Labute approximate surface area is 196 Å². The van der Waals surface area contributed by atoms with Crippen molar-refractivity contribution in [1.82, 2.24) is 4.90 Å². The number of hydrogen-bond acceptors (Lipinski definition) is 5. The van der Waals surface area contributed by atoms with Crippen molar-refractivity contribution >= 4 is 41.3 Å². The summed E-state index contributed by atoms with van der Waals surface area (Å²) in [5.74, 6) is 2.16. The van der Waals surface area contributed by atoms with E-state index in [-0.39, 0.29) is 24.0 Å². The lowest BCUT2D eigenvalue weighted by Crippen LogP contribution is -2.46. The van der Waals surface area contributed by atoms with E-state index < -0.39 is 0 Å². The zero-order valence-electron chi connectivity index (χ0n) is 17.7. The molecular formula is C22H32IN5O2. The SMILES string of the molecule is COc1ccc(NC(N)=NCCCN2CCN(c3ccc(OC)cc3)CC2)cc1.I. The van der Waals surface area contributed by atoms with Gasteiger partial charge in [0.05, 0.1) is 14.2 Å². The summed E-state index contributed by atoms with van der Waals surface area (Å²) in [6.45, 7) is 5.96. The normalized spacial score (nSPS) is 14.7.